The smallest absolute Gasteiger partial charge is 0.255 e. The third kappa shape index (κ3) is 2.76. The highest BCUT2D eigenvalue weighted by atomic mass is 16.1. The van der Waals surface area contributed by atoms with Crippen molar-refractivity contribution in [3.05, 3.63) is 64.2 Å². The maximum Gasteiger partial charge on any atom is 0.255 e. The summed E-state index contributed by atoms with van der Waals surface area (Å²) < 4.78 is 1.76. The molecule has 5 heteroatoms. The molecule has 1 aromatic carbocycles. The topological polar surface area (TPSA) is 53.9 Å². The Balaban J connectivity index is 1.60. The summed E-state index contributed by atoms with van der Waals surface area (Å²) >= 11 is 0. The second-order valence-electron chi connectivity index (χ2n) is 6.68. The highest BCUT2D eigenvalue weighted by Crippen LogP contribution is 2.26. The third-order valence-electron chi connectivity index (χ3n) is 5.07. The summed E-state index contributed by atoms with van der Waals surface area (Å²) in [5.41, 5.74) is 3.17. The fraction of sp³-hybridized carbons (Fsp3) is 0.368. The number of H-pyrrole nitrogens is 1. The highest BCUT2D eigenvalue weighted by Gasteiger charge is 2.23. The second-order valence-corrected chi connectivity index (χ2v) is 6.68. The number of aromatic nitrogens is 3. The molecule has 2 aromatic heterocycles. The van der Waals surface area contributed by atoms with Crippen molar-refractivity contribution in [2.45, 2.75) is 25.3 Å². The first-order valence-electron chi connectivity index (χ1n) is 8.51. The van der Waals surface area contributed by atoms with E-state index >= 15 is 0 Å². The van der Waals surface area contributed by atoms with Gasteiger partial charge in [0.15, 0.2) is 0 Å². The number of piperidine rings is 1. The first-order chi connectivity index (χ1) is 11.7. The van der Waals surface area contributed by atoms with Crippen LogP contribution in [0, 0.1) is 0 Å². The van der Waals surface area contributed by atoms with Crippen molar-refractivity contribution < 1.29 is 0 Å². The van der Waals surface area contributed by atoms with Gasteiger partial charge in [-0.2, -0.15) is 5.10 Å². The fourth-order valence-corrected chi connectivity index (χ4v) is 3.79. The molecule has 0 unspecified atom stereocenters. The molecule has 1 aliphatic heterocycles. The van der Waals surface area contributed by atoms with E-state index in [0.29, 0.717) is 12.5 Å². The molecule has 1 saturated heterocycles. The first-order valence-corrected chi connectivity index (χ1v) is 8.51. The molecule has 0 saturated carbocycles. The van der Waals surface area contributed by atoms with Crippen molar-refractivity contribution in [2.24, 2.45) is 7.05 Å². The minimum atomic E-state index is 0.109. The number of rotatable bonds is 3. The van der Waals surface area contributed by atoms with E-state index in [1.165, 1.54) is 12.1 Å². The van der Waals surface area contributed by atoms with Gasteiger partial charge in [-0.15, -0.1) is 0 Å². The summed E-state index contributed by atoms with van der Waals surface area (Å²) in [6.45, 7) is 2.72. The van der Waals surface area contributed by atoms with Gasteiger partial charge < -0.3 is 4.57 Å². The Bertz CT molecular complexity index is 897. The Kier molecular flexibility index (Phi) is 3.94. The number of hydrogen-bond donors (Lipinski definition) is 1. The number of para-hydroxylation sites is 1. The zero-order valence-corrected chi connectivity index (χ0v) is 13.9. The monoisotopic (exact) mass is 322 g/mol. The summed E-state index contributed by atoms with van der Waals surface area (Å²) in [5, 5.41) is 8.28. The molecule has 0 radical (unpaired) electrons. The Morgan fingerprint density at radius 2 is 2.17 bits per heavy atom. The van der Waals surface area contributed by atoms with Crippen LogP contribution in [0.25, 0.3) is 10.9 Å². The number of aryl methyl sites for hydroxylation is 1. The van der Waals surface area contributed by atoms with Crippen LogP contribution in [0.4, 0.5) is 0 Å². The Labute approximate surface area is 140 Å². The number of pyridine rings is 1. The van der Waals surface area contributed by atoms with Gasteiger partial charge in [0, 0.05) is 43.5 Å². The van der Waals surface area contributed by atoms with Gasteiger partial charge in [-0.05, 0) is 43.0 Å². The van der Waals surface area contributed by atoms with E-state index in [0.717, 1.165) is 36.0 Å². The lowest BCUT2D eigenvalue weighted by molar-refractivity contribution is 0.197. The fourth-order valence-electron chi connectivity index (χ4n) is 3.79. The largest absolute Gasteiger partial charge is 0.311 e. The maximum absolute atomic E-state index is 12.7. The summed E-state index contributed by atoms with van der Waals surface area (Å²) in [6.07, 6.45) is 4.14. The molecular weight excluding hydrogens is 300 g/mol. The van der Waals surface area contributed by atoms with E-state index in [4.69, 9.17) is 0 Å². The standard InChI is InChI=1S/C19H22N4O/c1-22-18-7-3-2-5-14(18)11-16(19(22)24)13-23-10-4-6-15(12-23)17-8-9-20-21-17/h2-3,5,7-9,11,15H,4,6,10,12-13H2,1H3,(H,20,21)/t15-/m1/s1. The van der Waals surface area contributed by atoms with Crippen LogP contribution >= 0.6 is 0 Å². The Hall–Kier alpha value is -2.40. The van der Waals surface area contributed by atoms with E-state index in [2.05, 4.69) is 33.3 Å². The zero-order valence-electron chi connectivity index (χ0n) is 13.9. The van der Waals surface area contributed by atoms with E-state index in [9.17, 15) is 4.79 Å². The molecule has 1 aliphatic rings. The molecule has 1 atom stereocenters. The second kappa shape index (κ2) is 6.24. The quantitative estimate of drug-likeness (QED) is 0.806. The van der Waals surface area contributed by atoms with Gasteiger partial charge in [-0.1, -0.05) is 18.2 Å². The molecule has 124 valence electrons. The van der Waals surface area contributed by atoms with Crippen molar-refractivity contribution in [3.63, 3.8) is 0 Å². The third-order valence-corrected chi connectivity index (χ3v) is 5.07. The minimum absolute atomic E-state index is 0.109. The molecule has 0 spiro atoms. The van der Waals surface area contributed by atoms with Gasteiger partial charge >= 0.3 is 0 Å². The van der Waals surface area contributed by atoms with Gasteiger partial charge in [0.05, 0.1) is 5.52 Å². The van der Waals surface area contributed by atoms with E-state index < -0.39 is 0 Å². The average Bonchev–Trinajstić information content (AvgIpc) is 3.14. The molecule has 5 nitrogen and oxygen atoms in total. The van der Waals surface area contributed by atoms with Crippen molar-refractivity contribution >= 4 is 10.9 Å². The van der Waals surface area contributed by atoms with Gasteiger partial charge in [0.25, 0.3) is 5.56 Å². The lowest BCUT2D eigenvalue weighted by atomic mass is 9.94. The molecular formula is C19H22N4O. The normalized spacial score (nSPS) is 19.0. The van der Waals surface area contributed by atoms with Crippen LogP contribution in [0.5, 0.6) is 0 Å². The van der Waals surface area contributed by atoms with Crippen molar-refractivity contribution in [2.75, 3.05) is 13.1 Å². The summed E-state index contributed by atoms with van der Waals surface area (Å²) in [4.78, 5) is 15.1. The number of fused-ring (bicyclic) bond motifs is 1. The molecule has 0 bridgehead atoms. The maximum atomic E-state index is 12.7. The van der Waals surface area contributed by atoms with E-state index in [1.807, 2.05) is 31.4 Å². The number of nitrogens with one attached hydrogen (secondary N) is 1. The van der Waals surface area contributed by atoms with Crippen LogP contribution in [0.15, 0.2) is 47.4 Å². The van der Waals surface area contributed by atoms with Crippen molar-refractivity contribution in [1.29, 1.82) is 0 Å². The van der Waals surface area contributed by atoms with Gasteiger partial charge in [-0.25, -0.2) is 0 Å². The van der Waals surface area contributed by atoms with Crippen molar-refractivity contribution in [3.8, 4) is 0 Å². The van der Waals surface area contributed by atoms with Crippen LogP contribution in [-0.2, 0) is 13.6 Å². The van der Waals surface area contributed by atoms with Crippen LogP contribution in [-0.4, -0.2) is 32.8 Å². The zero-order chi connectivity index (χ0) is 16.5. The Morgan fingerprint density at radius 1 is 1.29 bits per heavy atom. The first kappa shape index (κ1) is 15.1. The number of likely N-dealkylation sites (tertiary alicyclic amines) is 1. The number of aromatic amines is 1. The van der Waals surface area contributed by atoms with Crippen molar-refractivity contribution in [1.82, 2.24) is 19.7 Å². The van der Waals surface area contributed by atoms with E-state index in [-0.39, 0.29) is 5.56 Å². The molecule has 3 heterocycles. The lowest BCUT2D eigenvalue weighted by Gasteiger charge is -2.32. The summed E-state index contributed by atoms with van der Waals surface area (Å²) in [6, 6.07) is 12.2. The predicted molar refractivity (Wildman–Crippen MR) is 95.0 cm³/mol. The molecule has 1 fully saturated rings. The van der Waals surface area contributed by atoms with Gasteiger partial charge in [0.1, 0.15) is 0 Å². The summed E-state index contributed by atoms with van der Waals surface area (Å²) in [7, 11) is 1.86. The molecule has 0 amide bonds. The summed E-state index contributed by atoms with van der Waals surface area (Å²) in [5.74, 6) is 0.477. The highest BCUT2D eigenvalue weighted by molar-refractivity contribution is 5.79. The predicted octanol–water partition coefficient (Wildman–Crippen LogP) is 2.64. The van der Waals surface area contributed by atoms with E-state index in [1.54, 1.807) is 4.57 Å². The SMILES string of the molecule is Cn1c(=O)c(CN2CCC[C@@H](c3ccn[nH]3)C2)cc2ccccc21. The van der Waals surface area contributed by atoms with Crippen LogP contribution in [0.3, 0.4) is 0 Å². The van der Waals surface area contributed by atoms with Gasteiger partial charge in [0.2, 0.25) is 0 Å². The van der Waals surface area contributed by atoms with Crippen LogP contribution < -0.4 is 5.56 Å². The number of nitrogens with zero attached hydrogens (tertiary/aromatic N) is 3. The number of benzene rings is 1. The minimum Gasteiger partial charge on any atom is -0.311 e. The van der Waals surface area contributed by atoms with Gasteiger partial charge in [-0.3, -0.25) is 14.8 Å². The molecule has 1 N–H and O–H groups in total. The average molecular weight is 322 g/mol. The molecule has 4 rings (SSSR count). The molecule has 24 heavy (non-hydrogen) atoms. The Morgan fingerprint density at radius 3 is 3.00 bits per heavy atom. The lowest BCUT2D eigenvalue weighted by Crippen LogP contribution is -2.36. The molecule has 0 aliphatic carbocycles. The van der Waals surface area contributed by atoms with Crippen LogP contribution in [0.2, 0.25) is 0 Å². The molecule has 3 aromatic rings. The number of hydrogen-bond acceptors (Lipinski definition) is 3. The van der Waals surface area contributed by atoms with Crippen LogP contribution in [0.1, 0.15) is 30.0 Å².